The van der Waals surface area contributed by atoms with Crippen LogP contribution >= 0.6 is 27.5 Å². The normalized spacial score (nSPS) is 11.0. The lowest BCUT2D eigenvalue weighted by Crippen LogP contribution is -2.05. The van der Waals surface area contributed by atoms with Crippen LogP contribution in [0.2, 0.25) is 5.15 Å². The molecule has 0 saturated heterocycles. The molecule has 0 aliphatic carbocycles. The van der Waals surface area contributed by atoms with Crippen molar-refractivity contribution < 1.29 is 4.74 Å². The molecule has 0 bridgehead atoms. The summed E-state index contributed by atoms with van der Waals surface area (Å²) in [6.07, 6.45) is 1.65. The van der Waals surface area contributed by atoms with Crippen LogP contribution in [0.1, 0.15) is 12.5 Å². The Bertz CT molecular complexity index is 837. The second-order valence-corrected chi connectivity index (χ2v) is 5.55. The molecule has 0 fully saturated rings. The van der Waals surface area contributed by atoms with Gasteiger partial charge in [-0.05, 0) is 40.5 Å². The summed E-state index contributed by atoms with van der Waals surface area (Å²) in [5.41, 5.74) is 8.01. The fourth-order valence-corrected chi connectivity index (χ4v) is 2.70. The van der Waals surface area contributed by atoms with Crippen molar-refractivity contribution in [3.63, 3.8) is 0 Å². The fraction of sp³-hybridized carbons (Fsp3) is 0.231. The highest BCUT2D eigenvalue weighted by Crippen LogP contribution is 2.25. The van der Waals surface area contributed by atoms with E-state index in [1.807, 2.05) is 17.6 Å². The maximum atomic E-state index is 5.93. The van der Waals surface area contributed by atoms with Gasteiger partial charge in [-0.1, -0.05) is 11.6 Å². The second kappa shape index (κ2) is 6.05. The smallest absolute Gasteiger partial charge is 0.320 e. The van der Waals surface area contributed by atoms with Crippen LogP contribution in [0.25, 0.3) is 11.2 Å². The van der Waals surface area contributed by atoms with Crippen molar-refractivity contribution in [2.24, 2.45) is 0 Å². The van der Waals surface area contributed by atoms with Gasteiger partial charge in [0.2, 0.25) is 0 Å². The highest BCUT2D eigenvalue weighted by molar-refractivity contribution is 9.10. The van der Waals surface area contributed by atoms with Crippen molar-refractivity contribution in [3.8, 4) is 6.01 Å². The zero-order valence-corrected chi connectivity index (χ0v) is 14.0. The number of fused-ring (bicyclic) bond motifs is 1. The number of imidazole rings is 1. The van der Waals surface area contributed by atoms with Crippen LogP contribution in [0.3, 0.4) is 0 Å². The van der Waals surface area contributed by atoms with Crippen LogP contribution < -0.4 is 10.5 Å². The molecule has 0 atom stereocenters. The standard InChI is InChI=1S/C13H12BrClN6O/c1-2-22-13-19-10(16)9-11(20-13)21(12(14)18-9)6-7-3-4-17-8(15)5-7/h3-5H,2,6H2,1H3,(H2,16,19,20). The van der Waals surface area contributed by atoms with Gasteiger partial charge in [-0.2, -0.15) is 9.97 Å². The van der Waals surface area contributed by atoms with Gasteiger partial charge in [-0.25, -0.2) is 9.97 Å². The zero-order valence-electron chi connectivity index (χ0n) is 11.6. The molecule has 0 aliphatic heterocycles. The van der Waals surface area contributed by atoms with Crippen LogP contribution in [-0.2, 0) is 6.54 Å². The Morgan fingerprint density at radius 3 is 2.91 bits per heavy atom. The number of nitrogens with two attached hydrogens (primary N) is 1. The van der Waals surface area contributed by atoms with Crippen LogP contribution in [-0.4, -0.2) is 31.1 Å². The molecule has 3 heterocycles. The van der Waals surface area contributed by atoms with Gasteiger partial charge < -0.3 is 10.5 Å². The average molecular weight is 384 g/mol. The van der Waals surface area contributed by atoms with Crippen molar-refractivity contribution in [1.82, 2.24) is 24.5 Å². The quantitative estimate of drug-likeness (QED) is 0.550. The van der Waals surface area contributed by atoms with E-state index in [1.54, 1.807) is 12.3 Å². The Hall–Kier alpha value is -1.93. The van der Waals surface area contributed by atoms with E-state index in [2.05, 4.69) is 35.9 Å². The van der Waals surface area contributed by atoms with E-state index in [0.29, 0.717) is 34.2 Å². The Balaban J connectivity index is 2.10. The number of nitrogens with zero attached hydrogens (tertiary/aromatic N) is 5. The molecular formula is C13H12BrClN6O. The number of anilines is 1. The van der Waals surface area contributed by atoms with E-state index < -0.39 is 0 Å². The SMILES string of the molecule is CCOc1nc(N)c2nc(Br)n(Cc3ccnc(Cl)c3)c2n1. The van der Waals surface area contributed by atoms with Gasteiger partial charge in [-0.15, -0.1) is 0 Å². The predicted octanol–water partition coefficient (Wildman–Crippen LogP) is 2.67. The Morgan fingerprint density at radius 2 is 2.18 bits per heavy atom. The third kappa shape index (κ3) is 2.84. The van der Waals surface area contributed by atoms with Gasteiger partial charge >= 0.3 is 6.01 Å². The van der Waals surface area contributed by atoms with Crippen molar-refractivity contribution in [2.45, 2.75) is 13.5 Å². The van der Waals surface area contributed by atoms with E-state index in [4.69, 9.17) is 22.1 Å². The molecular weight excluding hydrogens is 372 g/mol. The lowest BCUT2D eigenvalue weighted by molar-refractivity contribution is 0.314. The first kappa shape index (κ1) is 15.0. The van der Waals surface area contributed by atoms with Crippen LogP contribution in [0, 0.1) is 0 Å². The summed E-state index contributed by atoms with van der Waals surface area (Å²) in [6, 6.07) is 3.89. The molecule has 2 N–H and O–H groups in total. The molecule has 7 nitrogen and oxygen atoms in total. The highest BCUT2D eigenvalue weighted by Gasteiger charge is 2.16. The third-order valence-corrected chi connectivity index (χ3v) is 3.77. The van der Waals surface area contributed by atoms with Crippen molar-refractivity contribution in [1.29, 1.82) is 0 Å². The minimum absolute atomic E-state index is 0.230. The molecule has 0 spiro atoms. The zero-order chi connectivity index (χ0) is 15.7. The molecule has 0 amide bonds. The van der Waals surface area contributed by atoms with Gasteiger partial charge in [0.25, 0.3) is 0 Å². The lowest BCUT2D eigenvalue weighted by Gasteiger charge is -2.07. The van der Waals surface area contributed by atoms with Gasteiger partial charge in [0.05, 0.1) is 13.2 Å². The molecule has 0 saturated carbocycles. The van der Waals surface area contributed by atoms with Gasteiger partial charge in [0, 0.05) is 6.20 Å². The van der Waals surface area contributed by atoms with Crippen LogP contribution in [0.15, 0.2) is 23.1 Å². The number of halogens is 2. The molecule has 0 radical (unpaired) electrons. The molecule has 3 aromatic rings. The first-order valence-electron chi connectivity index (χ1n) is 6.51. The summed E-state index contributed by atoms with van der Waals surface area (Å²) in [7, 11) is 0. The Kier molecular flexibility index (Phi) is 4.12. The van der Waals surface area contributed by atoms with Crippen molar-refractivity contribution in [2.75, 3.05) is 12.3 Å². The molecule has 3 rings (SSSR count). The third-order valence-electron chi connectivity index (χ3n) is 2.96. The number of hydrogen-bond acceptors (Lipinski definition) is 6. The number of rotatable bonds is 4. The maximum Gasteiger partial charge on any atom is 0.320 e. The summed E-state index contributed by atoms with van der Waals surface area (Å²) >= 11 is 9.34. The number of ether oxygens (including phenoxy) is 1. The largest absolute Gasteiger partial charge is 0.464 e. The summed E-state index contributed by atoms with van der Waals surface area (Å²) in [6.45, 7) is 2.83. The Morgan fingerprint density at radius 1 is 1.36 bits per heavy atom. The van der Waals surface area contributed by atoms with E-state index in [-0.39, 0.29) is 11.8 Å². The number of pyridine rings is 1. The molecule has 3 aromatic heterocycles. The molecule has 114 valence electrons. The van der Waals surface area contributed by atoms with Crippen molar-refractivity contribution >= 4 is 44.5 Å². The molecule has 0 aliphatic rings. The summed E-state index contributed by atoms with van der Waals surface area (Å²) < 4.78 is 7.80. The first-order valence-corrected chi connectivity index (χ1v) is 7.68. The molecule has 0 unspecified atom stereocenters. The van der Waals surface area contributed by atoms with Gasteiger partial charge in [0.1, 0.15) is 5.15 Å². The number of nitrogen functional groups attached to an aromatic ring is 1. The molecule has 9 heteroatoms. The van der Waals surface area contributed by atoms with Crippen molar-refractivity contribution in [3.05, 3.63) is 33.8 Å². The van der Waals surface area contributed by atoms with E-state index >= 15 is 0 Å². The van der Waals surface area contributed by atoms with Gasteiger partial charge in [0.15, 0.2) is 21.7 Å². The fourth-order valence-electron chi connectivity index (χ4n) is 2.03. The minimum atomic E-state index is 0.230. The molecule has 22 heavy (non-hydrogen) atoms. The maximum absolute atomic E-state index is 5.93. The average Bonchev–Trinajstić information content (AvgIpc) is 2.77. The topological polar surface area (TPSA) is 91.7 Å². The Labute approximate surface area is 139 Å². The van der Waals surface area contributed by atoms with Gasteiger partial charge in [-0.3, -0.25) is 4.57 Å². The number of hydrogen-bond donors (Lipinski definition) is 1. The molecule has 0 aromatic carbocycles. The second-order valence-electron chi connectivity index (χ2n) is 4.45. The summed E-state index contributed by atoms with van der Waals surface area (Å²) in [5, 5.41) is 0.433. The minimum Gasteiger partial charge on any atom is -0.464 e. The van der Waals surface area contributed by atoms with E-state index in [9.17, 15) is 0 Å². The first-order chi connectivity index (χ1) is 10.6. The van der Waals surface area contributed by atoms with E-state index in [0.717, 1.165) is 5.56 Å². The van der Waals surface area contributed by atoms with E-state index in [1.165, 1.54) is 0 Å². The van der Waals surface area contributed by atoms with Crippen LogP contribution in [0.4, 0.5) is 5.82 Å². The lowest BCUT2D eigenvalue weighted by atomic mass is 10.3. The van der Waals surface area contributed by atoms with Crippen LogP contribution in [0.5, 0.6) is 6.01 Å². The predicted molar refractivity (Wildman–Crippen MR) is 87.0 cm³/mol. The summed E-state index contributed by atoms with van der Waals surface area (Å²) in [5.74, 6) is 0.278. The number of aromatic nitrogens is 5. The summed E-state index contributed by atoms with van der Waals surface area (Å²) in [4.78, 5) is 16.8. The monoisotopic (exact) mass is 382 g/mol. The highest BCUT2D eigenvalue weighted by atomic mass is 79.9.